The second kappa shape index (κ2) is 23.7. The van der Waals surface area contributed by atoms with Crippen LogP contribution in [0.3, 0.4) is 0 Å². The van der Waals surface area contributed by atoms with Crippen molar-refractivity contribution in [2.45, 2.75) is 97.8 Å². The fourth-order valence-electron chi connectivity index (χ4n) is 1.62. The van der Waals surface area contributed by atoms with Crippen molar-refractivity contribution in [2.75, 3.05) is 0 Å². The number of hydrogen-bond acceptors (Lipinski definition) is 3. The van der Waals surface area contributed by atoms with E-state index in [2.05, 4.69) is 13.8 Å². The van der Waals surface area contributed by atoms with Crippen molar-refractivity contribution in [2.24, 2.45) is 0 Å². The Labute approximate surface area is 146 Å². The lowest BCUT2D eigenvalue weighted by atomic mass is 10.1. The topological polar surface area (TPSA) is 112 Å². The van der Waals surface area contributed by atoms with Gasteiger partial charge in [-0.05, 0) is 19.3 Å². The monoisotopic (exact) mass is 348 g/mol. The molecular weight excluding hydrogens is 312 g/mol. The predicted molar refractivity (Wildman–Crippen MR) is 95.3 cm³/mol. The number of carboxylic acid groups (broad SMARTS) is 3. The third-order valence-electron chi connectivity index (χ3n) is 2.95. The second-order valence-electron chi connectivity index (χ2n) is 5.55. The highest BCUT2D eigenvalue weighted by atomic mass is 16.4. The van der Waals surface area contributed by atoms with Crippen LogP contribution in [0.1, 0.15) is 97.8 Å². The van der Waals surface area contributed by atoms with Gasteiger partial charge < -0.3 is 15.3 Å². The van der Waals surface area contributed by atoms with E-state index in [4.69, 9.17) is 15.3 Å². The normalized spacial score (nSPS) is 9.12. The molecule has 3 N–H and O–H groups in total. The third kappa shape index (κ3) is 42.8. The van der Waals surface area contributed by atoms with Gasteiger partial charge in [-0.1, -0.05) is 59.3 Å². The summed E-state index contributed by atoms with van der Waals surface area (Å²) in [4.78, 5) is 29.5. The average Bonchev–Trinajstić information content (AvgIpc) is 2.48. The van der Waals surface area contributed by atoms with Crippen molar-refractivity contribution in [3.63, 3.8) is 0 Å². The van der Waals surface area contributed by atoms with Gasteiger partial charge in [0.05, 0.1) is 0 Å². The van der Waals surface area contributed by atoms with E-state index in [0.29, 0.717) is 19.3 Å². The SMILES string of the molecule is CCCC(=O)O.CCCCCC(=O)O.CCCCCCCC(=O)O. The molecule has 0 amide bonds. The zero-order valence-corrected chi connectivity index (χ0v) is 15.6. The Morgan fingerprint density at radius 3 is 1.12 bits per heavy atom. The van der Waals surface area contributed by atoms with Gasteiger partial charge in [0, 0.05) is 19.3 Å². The Kier molecular flexibility index (Phi) is 26.9. The van der Waals surface area contributed by atoms with Crippen molar-refractivity contribution in [1.82, 2.24) is 0 Å². The summed E-state index contributed by atoms with van der Waals surface area (Å²) < 4.78 is 0. The van der Waals surface area contributed by atoms with Crippen LogP contribution < -0.4 is 0 Å². The summed E-state index contributed by atoms with van der Waals surface area (Å²) in [5.74, 6) is -2.06. The molecule has 0 unspecified atom stereocenters. The molecule has 0 radical (unpaired) electrons. The fraction of sp³-hybridized carbons (Fsp3) is 0.833. The van der Waals surface area contributed by atoms with E-state index >= 15 is 0 Å². The summed E-state index contributed by atoms with van der Waals surface area (Å²) in [6.07, 6.45) is 10.2. The van der Waals surface area contributed by atoms with Crippen LogP contribution in [0.5, 0.6) is 0 Å². The summed E-state index contributed by atoms with van der Waals surface area (Å²) >= 11 is 0. The number of carbonyl (C=O) groups is 3. The first-order chi connectivity index (χ1) is 11.3. The molecule has 0 rings (SSSR count). The molecule has 0 heterocycles. The van der Waals surface area contributed by atoms with E-state index in [1.165, 1.54) is 19.3 Å². The first-order valence-electron chi connectivity index (χ1n) is 8.97. The van der Waals surface area contributed by atoms with Gasteiger partial charge in [0.25, 0.3) is 0 Å². The van der Waals surface area contributed by atoms with Gasteiger partial charge in [-0.25, -0.2) is 0 Å². The molecule has 6 nitrogen and oxygen atoms in total. The van der Waals surface area contributed by atoms with Crippen molar-refractivity contribution in [3.8, 4) is 0 Å². The maximum absolute atomic E-state index is 10.0. The molecule has 0 aromatic heterocycles. The summed E-state index contributed by atoms with van der Waals surface area (Å²) in [7, 11) is 0. The zero-order valence-electron chi connectivity index (χ0n) is 15.6. The number of aliphatic carboxylic acids is 3. The van der Waals surface area contributed by atoms with E-state index in [0.717, 1.165) is 38.5 Å². The van der Waals surface area contributed by atoms with Gasteiger partial charge in [0.1, 0.15) is 0 Å². The molecule has 0 aromatic carbocycles. The van der Waals surface area contributed by atoms with Crippen LogP contribution in [-0.2, 0) is 14.4 Å². The molecule has 0 spiro atoms. The molecule has 0 aliphatic carbocycles. The molecule has 0 aromatic rings. The van der Waals surface area contributed by atoms with Crippen LogP contribution in [0.15, 0.2) is 0 Å². The third-order valence-corrected chi connectivity index (χ3v) is 2.95. The lowest BCUT2D eigenvalue weighted by Gasteiger charge is -1.95. The quantitative estimate of drug-likeness (QED) is 0.430. The molecule has 0 fully saturated rings. The summed E-state index contributed by atoms with van der Waals surface area (Å²) in [6.45, 7) is 6.05. The Morgan fingerprint density at radius 2 is 0.833 bits per heavy atom. The van der Waals surface area contributed by atoms with E-state index in [-0.39, 0.29) is 0 Å². The highest BCUT2D eigenvalue weighted by molar-refractivity contribution is 5.67. The standard InChI is InChI=1S/C8H16O2.C6H12O2.C4H8O2/c1-2-3-4-5-6-7-8(9)10;1-2-3-4-5-6(7)8;1-2-3-4(5)6/h2-7H2,1H3,(H,9,10);2-5H2,1H3,(H,7,8);2-3H2,1H3,(H,5,6). The lowest BCUT2D eigenvalue weighted by molar-refractivity contribution is -0.138. The van der Waals surface area contributed by atoms with Crippen molar-refractivity contribution in [3.05, 3.63) is 0 Å². The van der Waals surface area contributed by atoms with E-state index in [1.807, 2.05) is 6.92 Å². The zero-order chi connectivity index (χ0) is 19.2. The van der Waals surface area contributed by atoms with Crippen molar-refractivity contribution >= 4 is 17.9 Å². The second-order valence-corrected chi connectivity index (χ2v) is 5.55. The molecular formula is C18H36O6. The molecule has 6 heteroatoms. The van der Waals surface area contributed by atoms with Crippen LogP contribution in [0.25, 0.3) is 0 Å². The Hall–Kier alpha value is -1.59. The smallest absolute Gasteiger partial charge is 0.303 e. The maximum Gasteiger partial charge on any atom is 0.303 e. The fourth-order valence-corrected chi connectivity index (χ4v) is 1.62. The van der Waals surface area contributed by atoms with Crippen LogP contribution in [0.2, 0.25) is 0 Å². The molecule has 0 atom stereocenters. The van der Waals surface area contributed by atoms with Crippen LogP contribution in [0.4, 0.5) is 0 Å². The predicted octanol–water partition coefficient (Wildman–Crippen LogP) is 4.95. The Balaban J connectivity index is -0.000000285. The molecule has 0 saturated heterocycles. The van der Waals surface area contributed by atoms with Gasteiger partial charge in [-0.15, -0.1) is 0 Å². The van der Waals surface area contributed by atoms with Crippen LogP contribution in [0, 0.1) is 0 Å². The van der Waals surface area contributed by atoms with Gasteiger partial charge in [-0.3, -0.25) is 14.4 Å². The van der Waals surface area contributed by atoms with E-state index < -0.39 is 17.9 Å². The van der Waals surface area contributed by atoms with Gasteiger partial charge in [0.15, 0.2) is 0 Å². The maximum atomic E-state index is 10.0. The number of unbranched alkanes of at least 4 members (excludes halogenated alkanes) is 6. The molecule has 144 valence electrons. The number of carboxylic acids is 3. The minimum absolute atomic E-state index is 0.292. The van der Waals surface area contributed by atoms with Crippen LogP contribution >= 0.6 is 0 Å². The van der Waals surface area contributed by atoms with Gasteiger partial charge in [-0.2, -0.15) is 0 Å². The largest absolute Gasteiger partial charge is 0.481 e. The minimum atomic E-state index is -0.711. The van der Waals surface area contributed by atoms with E-state index in [1.54, 1.807) is 0 Å². The highest BCUT2D eigenvalue weighted by Gasteiger charge is 1.95. The molecule has 0 aliphatic rings. The molecule has 0 bridgehead atoms. The Bertz CT molecular complexity index is 302. The van der Waals surface area contributed by atoms with Gasteiger partial charge in [0.2, 0.25) is 0 Å². The lowest BCUT2D eigenvalue weighted by Crippen LogP contribution is -1.93. The van der Waals surface area contributed by atoms with Gasteiger partial charge >= 0.3 is 17.9 Å². The van der Waals surface area contributed by atoms with Crippen molar-refractivity contribution in [1.29, 1.82) is 0 Å². The summed E-state index contributed by atoms with van der Waals surface area (Å²) in [5, 5.41) is 24.3. The first-order valence-corrected chi connectivity index (χ1v) is 8.97. The molecule has 0 aliphatic heterocycles. The summed E-state index contributed by atoms with van der Waals surface area (Å²) in [6, 6.07) is 0. The number of hydrogen-bond donors (Lipinski definition) is 3. The highest BCUT2D eigenvalue weighted by Crippen LogP contribution is 2.04. The van der Waals surface area contributed by atoms with E-state index in [9.17, 15) is 14.4 Å². The first kappa shape index (κ1) is 27.3. The minimum Gasteiger partial charge on any atom is -0.481 e. The Morgan fingerprint density at radius 1 is 0.500 bits per heavy atom. The number of rotatable bonds is 12. The summed E-state index contributed by atoms with van der Waals surface area (Å²) in [5.41, 5.74) is 0. The molecule has 24 heavy (non-hydrogen) atoms. The average molecular weight is 348 g/mol. The van der Waals surface area contributed by atoms with Crippen LogP contribution in [-0.4, -0.2) is 33.2 Å². The van der Waals surface area contributed by atoms with Crippen molar-refractivity contribution < 1.29 is 29.7 Å². The molecule has 0 saturated carbocycles.